The number of aromatic nitrogens is 1. The van der Waals surface area contributed by atoms with Crippen molar-refractivity contribution in [3.8, 4) is 11.3 Å². The van der Waals surface area contributed by atoms with Crippen LogP contribution < -0.4 is 5.32 Å². The zero-order chi connectivity index (χ0) is 20.7. The number of hydrogen-bond donors (Lipinski definition) is 1. The zero-order valence-corrected chi connectivity index (χ0v) is 16.0. The van der Waals surface area contributed by atoms with Gasteiger partial charge in [-0.15, -0.1) is 0 Å². The highest BCUT2D eigenvalue weighted by Gasteiger charge is 2.26. The van der Waals surface area contributed by atoms with Crippen molar-refractivity contribution in [2.24, 2.45) is 0 Å². The molecule has 0 radical (unpaired) electrons. The van der Waals surface area contributed by atoms with E-state index in [-0.39, 0.29) is 46.5 Å². The molecule has 1 heterocycles. The summed E-state index contributed by atoms with van der Waals surface area (Å²) >= 11 is 6.01. The second-order valence-electron chi connectivity index (χ2n) is 5.66. The number of ether oxygens (including phenoxy) is 2. The first-order chi connectivity index (χ1) is 13.3. The summed E-state index contributed by atoms with van der Waals surface area (Å²) in [5, 5.41) is 6.24. The number of methoxy groups -OCH3 is 1. The molecule has 0 saturated carbocycles. The van der Waals surface area contributed by atoms with E-state index in [4.69, 9.17) is 20.9 Å². The van der Waals surface area contributed by atoms with Crippen molar-refractivity contribution in [2.45, 2.75) is 19.8 Å². The highest BCUT2D eigenvalue weighted by molar-refractivity contribution is 6.33. The van der Waals surface area contributed by atoms with E-state index in [0.29, 0.717) is 6.42 Å². The maximum absolute atomic E-state index is 14.1. The Morgan fingerprint density at radius 3 is 2.75 bits per heavy atom. The Labute approximate surface area is 164 Å². The highest BCUT2D eigenvalue weighted by Crippen LogP contribution is 2.33. The van der Waals surface area contributed by atoms with Crippen LogP contribution in [0.2, 0.25) is 5.02 Å². The van der Waals surface area contributed by atoms with Crippen molar-refractivity contribution in [1.82, 2.24) is 10.5 Å². The number of carbonyl (C=O) groups excluding carboxylic acids is 3. The van der Waals surface area contributed by atoms with E-state index in [1.807, 2.05) is 0 Å². The molecule has 28 heavy (non-hydrogen) atoms. The number of rotatable bonds is 8. The summed E-state index contributed by atoms with van der Waals surface area (Å²) in [6.07, 6.45) is 0.538. The maximum Gasteiger partial charge on any atom is 0.344 e. The van der Waals surface area contributed by atoms with Crippen LogP contribution in [-0.2, 0) is 19.1 Å². The SMILES string of the molecule is COC(=O)CCCNC(=O)COC(=O)c1c(-c2c(F)cccc2Cl)noc1C. The summed E-state index contributed by atoms with van der Waals surface area (Å²) in [6, 6.07) is 4.03. The van der Waals surface area contributed by atoms with Crippen LogP contribution in [0.25, 0.3) is 11.3 Å². The minimum absolute atomic E-state index is 0.0469. The fraction of sp³-hybridized carbons (Fsp3) is 0.333. The molecule has 0 bridgehead atoms. The molecule has 150 valence electrons. The van der Waals surface area contributed by atoms with Gasteiger partial charge in [0.1, 0.15) is 22.8 Å². The van der Waals surface area contributed by atoms with E-state index in [1.165, 1.54) is 32.2 Å². The Balaban J connectivity index is 1.99. The lowest BCUT2D eigenvalue weighted by atomic mass is 10.1. The molecule has 0 saturated heterocycles. The van der Waals surface area contributed by atoms with Crippen LogP contribution in [0.15, 0.2) is 22.7 Å². The van der Waals surface area contributed by atoms with Crippen LogP contribution in [-0.4, -0.2) is 43.3 Å². The van der Waals surface area contributed by atoms with Crippen LogP contribution >= 0.6 is 11.6 Å². The van der Waals surface area contributed by atoms with Crippen LogP contribution in [0, 0.1) is 12.7 Å². The largest absolute Gasteiger partial charge is 0.469 e. The average molecular weight is 413 g/mol. The Kier molecular flexibility index (Phi) is 7.51. The van der Waals surface area contributed by atoms with Gasteiger partial charge in [-0.1, -0.05) is 22.8 Å². The molecule has 0 fully saturated rings. The molecule has 0 spiro atoms. The van der Waals surface area contributed by atoms with Crippen molar-refractivity contribution >= 4 is 29.4 Å². The lowest BCUT2D eigenvalue weighted by molar-refractivity contribution is -0.140. The van der Waals surface area contributed by atoms with Gasteiger partial charge in [0.25, 0.3) is 5.91 Å². The molecule has 1 N–H and O–H groups in total. The quantitative estimate of drug-likeness (QED) is 0.524. The number of nitrogens with one attached hydrogen (secondary N) is 1. The van der Waals surface area contributed by atoms with Gasteiger partial charge >= 0.3 is 11.9 Å². The molecule has 2 rings (SSSR count). The van der Waals surface area contributed by atoms with Crippen molar-refractivity contribution in [2.75, 3.05) is 20.3 Å². The molecule has 0 atom stereocenters. The number of benzene rings is 1. The molecule has 10 heteroatoms. The zero-order valence-electron chi connectivity index (χ0n) is 15.2. The maximum atomic E-state index is 14.1. The van der Waals surface area contributed by atoms with Crippen molar-refractivity contribution < 1.29 is 32.8 Å². The number of carbonyl (C=O) groups is 3. The van der Waals surface area contributed by atoms with E-state index >= 15 is 0 Å². The van der Waals surface area contributed by atoms with Gasteiger partial charge in [0.05, 0.1) is 17.7 Å². The molecule has 1 aromatic carbocycles. The van der Waals surface area contributed by atoms with Gasteiger partial charge in [0, 0.05) is 13.0 Å². The molecule has 0 unspecified atom stereocenters. The monoisotopic (exact) mass is 412 g/mol. The third-order valence-electron chi connectivity index (χ3n) is 3.71. The third-order valence-corrected chi connectivity index (χ3v) is 4.02. The fourth-order valence-electron chi connectivity index (χ4n) is 2.32. The Morgan fingerprint density at radius 2 is 2.07 bits per heavy atom. The lowest BCUT2D eigenvalue weighted by Crippen LogP contribution is -2.30. The predicted molar refractivity (Wildman–Crippen MR) is 96.2 cm³/mol. The topological polar surface area (TPSA) is 108 Å². The second-order valence-corrected chi connectivity index (χ2v) is 6.07. The first kappa shape index (κ1) is 21.4. The summed E-state index contributed by atoms with van der Waals surface area (Å²) in [5.41, 5.74) is -0.324. The minimum atomic E-state index is -0.905. The predicted octanol–water partition coefficient (Wildman–Crippen LogP) is 2.67. The van der Waals surface area contributed by atoms with E-state index in [2.05, 4.69) is 15.2 Å². The van der Waals surface area contributed by atoms with Crippen LogP contribution in [0.3, 0.4) is 0 Å². The van der Waals surface area contributed by atoms with E-state index in [9.17, 15) is 18.8 Å². The first-order valence-corrected chi connectivity index (χ1v) is 8.64. The van der Waals surface area contributed by atoms with Crippen LogP contribution in [0.1, 0.15) is 29.0 Å². The van der Waals surface area contributed by atoms with Gasteiger partial charge < -0.3 is 19.3 Å². The van der Waals surface area contributed by atoms with Crippen molar-refractivity contribution in [3.05, 3.63) is 40.4 Å². The Hall–Kier alpha value is -2.94. The summed E-state index contributed by atoms with van der Waals surface area (Å²) in [7, 11) is 1.27. The van der Waals surface area contributed by atoms with Gasteiger partial charge in [0.2, 0.25) is 0 Å². The van der Waals surface area contributed by atoms with Gasteiger partial charge in [-0.3, -0.25) is 9.59 Å². The van der Waals surface area contributed by atoms with Crippen molar-refractivity contribution in [1.29, 1.82) is 0 Å². The summed E-state index contributed by atoms with van der Waals surface area (Å²) < 4.78 is 28.6. The molecule has 0 aliphatic carbocycles. The van der Waals surface area contributed by atoms with Gasteiger partial charge in [-0.25, -0.2) is 9.18 Å². The molecule has 8 nitrogen and oxygen atoms in total. The fourth-order valence-corrected chi connectivity index (χ4v) is 2.58. The Bertz CT molecular complexity index is 863. The number of esters is 2. The van der Waals surface area contributed by atoms with Crippen LogP contribution in [0.4, 0.5) is 4.39 Å². The number of nitrogens with zero attached hydrogens (tertiary/aromatic N) is 1. The van der Waals surface area contributed by atoms with Gasteiger partial charge in [0.15, 0.2) is 6.61 Å². The van der Waals surface area contributed by atoms with Crippen molar-refractivity contribution in [3.63, 3.8) is 0 Å². The second kappa shape index (κ2) is 9.84. The molecule has 1 aromatic heterocycles. The standard InChI is InChI=1S/C18H18ClFN2O6/c1-10-15(17(22-28-10)16-11(19)5-3-6-12(16)20)18(25)27-9-13(23)21-8-4-7-14(24)26-2/h3,5-6H,4,7-9H2,1-2H3,(H,21,23). The first-order valence-electron chi connectivity index (χ1n) is 8.26. The number of amides is 1. The number of hydrogen-bond acceptors (Lipinski definition) is 7. The molecule has 2 aromatic rings. The highest BCUT2D eigenvalue weighted by atomic mass is 35.5. The minimum Gasteiger partial charge on any atom is -0.469 e. The average Bonchev–Trinajstić information content (AvgIpc) is 3.04. The summed E-state index contributed by atoms with van der Waals surface area (Å²) in [4.78, 5) is 35.1. The lowest BCUT2D eigenvalue weighted by Gasteiger charge is -2.08. The molecular formula is C18H18ClFN2O6. The summed E-state index contributed by atoms with van der Waals surface area (Å²) in [5.74, 6) is -2.44. The third kappa shape index (κ3) is 5.29. The van der Waals surface area contributed by atoms with E-state index in [0.717, 1.165) is 0 Å². The Morgan fingerprint density at radius 1 is 1.32 bits per heavy atom. The van der Waals surface area contributed by atoms with E-state index in [1.54, 1.807) is 0 Å². The molecule has 0 aliphatic heterocycles. The normalized spacial score (nSPS) is 10.4. The van der Waals surface area contributed by atoms with E-state index < -0.39 is 24.3 Å². The molecule has 0 aliphatic rings. The number of halogens is 2. The molecule has 1 amide bonds. The van der Waals surface area contributed by atoms with Crippen LogP contribution in [0.5, 0.6) is 0 Å². The van der Waals surface area contributed by atoms with Gasteiger partial charge in [-0.2, -0.15) is 0 Å². The summed E-state index contributed by atoms with van der Waals surface area (Å²) in [6.45, 7) is 1.11. The molecular weight excluding hydrogens is 395 g/mol. The smallest absolute Gasteiger partial charge is 0.344 e. The van der Waals surface area contributed by atoms with Gasteiger partial charge in [-0.05, 0) is 25.5 Å². The number of aryl methyl sites for hydroxylation is 1.